The van der Waals surface area contributed by atoms with Gasteiger partial charge in [-0.3, -0.25) is 4.79 Å². The summed E-state index contributed by atoms with van der Waals surface area (Å²) in [6.07, 6.45) is 0. The van der Waals surface area contributed by atoms with Crippen molar-refractivity contribution in [2.75, 3.05) is 17.3 Å². The lowest BCUT2D eigenvalue weighted by molar-refractivity contribution is -0.108. The quantitative estimate of drug-likeness (QED) is 0.633. The van der Waals surface area contributed by atoms with Gasteiger partial charge in [0.25, 0.3) is 0 Å². The molecule has 0 N–H and O–H groups in total. The van der Waals surface area contributed by atoms with Crippen molar-refractivity contribution in [1.82, 2.24) is 0 Å². The molecule has 0 radical (unpaired) electrons. The van der Waals surface area contributed by atoms with Gasteiger partial charge in [-0.25, -0.2) is 0 Å². The Bertz CT molecular complexity index is 83.1. The van der Waals surface area contributed by atoms with Gasteiger partial charge in [-0.1, -0.05) is 25.6 Å². The van der Waals surface area contributed by atoms with Crippen LogP contribution in [-0.4, -0.2) is 22.4 Å². The second-order valence-corrected chi connectivity index (χ2v) is 4.04. The average molecular weight is 164 g/mol. The van der Waals surface area contributed by atoms with E-state index in [0.29, 0.717) is 10.9 Å². The van der Waals surface area contributed by atoms with Crippen molar-refractivity contribution in [1.29, 1.82) is 0 Å². The molecule has 0 unspecified atom stereocenters. The van der Waals surface area contributed by atoms with Crippen molar-refractivity contribution in [3.8, 4) is 0 Å². The molecule has 0 aromatic carbocycles. The Morgan fingerprint density at radius 1 is 1.33 bits per heavy atom. The molecular formula is C6H12OS2. The van der Waals surface area contributed by atoms with Crippen molar-refractivity contribution >= 4 is 28.6 Å². The van der Waals surface area contributed by atoms with Crippen LogP contribution in [0.2, 0.25) is 0 Å². The van der Waals surface area contributed by atoms with Crippen LogP contribution in [0, 0.1) is 0 Å². The number of carbonyl (C=O) groups is 1. The summed E-state index contributed by atoms with van der Waals surface area (Å²) in [6, 6.07) is 0. The third-order valence-electron chi connectivity index (χ3n) is 0.729. The molecule has 0 aromatic heterocycles. The summed E-state index contributed by atoms with van der Waals surface area (Å²) in [4.78, 5) is 10.7. The van der Waals surface area contributed by atoms with Crippen LogP contribution >= 0.6 is 23.5 Å². The fourth-order valence-electron chi connectivity index (χ4n) is 0.388. The summed E-state index contributed by atoms with van der Waals surface area (Å²) in [5.74, 6) is 2.62. The lowest BCUT2D eigenvalue weighted by Gasteiger charge is -1.93. The summed E-state index contributed by atoms with van der Waals surface area (Å²) in [5.41, 5.74) is 0. The molecule has 1 nitrogen and oxygen atoms in total. The molecule has 0 aromatic rings. The SMILES string of the molecule is CCSCC(=O)SCC. The lowest BCUT2D eigenvalue weighted by Crippen LogP contribution is -1.95. The molecule has 3 heteroatoms. The Labute approximate surface area is 65.0 Å². The molecule has 0 aliphatic heterocycles. The van der Waals surface area contributed by atoms with Crippen LogP contribution in [0.1, 0.15) is 13.8 Å². The van der Waals surface area contributed by atoms with E-state index in [1.54, 1.807) is 11.8 Å². The largest absolute Gasteiger partial charge is 0.286 e. The maximum atomic E-state index is 10.7. The topological polar surface area (TPSA) is 17.1 Å². The molecule has 0 saturated carbocycles. The third-order valence-corrected chi connectivity index (χ3v) is 2.54. The minimum atomic E-state index is 0.310. The fraction of sp³-hybridized carbons (Fsp3) is 0.833. The van der Waals surface area contributed by atoms with Gasteiger partial charge in [0, 0.05) is 0 Å². The first-order valence-electron chi connectivity index (χ1n) is 3.04. The van der Waals surface area contributed by atoms with Crippen LogP contribution in [-0.2, 0) is 4.79 Å². The van der Waals surface area contributed by atoms with Gasteiger partial charge in [-0.15, -0.1) is 0 Å². The highest BCUT2D eigenvalue weighted by atomic mass is 32.2. The number of carbonyl (C=O) groups excluding carboxylic acids is 1. The van der Waals surface area contributed by atoms with Crippen molar-refractivity contribution in [3.05, 3.63) is 0 Å². The van der Waals surface area contributed by atoms with Gasteiger partial charge in [-0.05, 0) is 11.5 Å². The number of hydrogen-bond acceptors (Lipinski definition) is 3. The predicted octanol–water partition coefficient (Wildman–Crippen LogP) is 2.02. The van der Waals surface area contributed by atoms with Gasteiger partial charge < -0.3 is 0 Å². The molecule has 9 heavy (non-hydrogen) atoms. The van der Waals surface area contributed by atoms with Crippen molar-refractivity contribution in [2.45, 2.75) is 13.8 Å². The maximum Gasteiger partial charge on any atom is 0.198 e. The van der Waals surface area contributed by atoms with E-state index < -0.39 is 0 Å². The molecule has 0 heterocycles. The lowest BCUT2D eigenvalue weighted by atomic mass is 10.9. The smallest absolute Gasteiger partial charge is 0.198 e. The van der Waals surface area contributed by atoms with Crippen LogP contribution in [0.5, 0.6) is 0 Å². The van der Waals surface area contributed by atoms with E-state index in [1.165, 1.54) is 11.8 Å². The molecule has 0 spiro atoms. The standard InChI is InChI=1S/C6H12OS2/c1-3-8-5-6(7)9-4-2/h3-5H2,1-2H3. The van der Waals surface area contributed by atoms with E-state index in [0.717, 1.165) is 11.5 Å². The Hall–Kier alpha value is 0.370. The van der Waals surface area contributed by atoms with Crippen molar-refractivity contribution in [3.63, 3.8) is 0 Å². The summed E-state index contributed by atoms with van der Waals surface area (Å²) in [7, 11) is 0. The van der Waals surface area contributed by atoms with E-state index >= 15 is 0 Å². The van der Waals surface area contributed by atoms with Gasteiger partial charge >= 0.3 is 0 Å². The van der Waals surface area contributed by atoms with E-state index in [1.807, 2.05) is 6.92 Å². The second kappa shape index (κ2) is 6.49. The van der Waals surface area contributed by atoms with Crippen LogP contribution in [0.3, 0.4) is 0 Å². The van der Waals surface area contributed by atoms with Gasteiger partial charge in [0.05, 0.1) is 5.75 Å². The van der Waals surface area contributed by atoms with Crippen molar-refractivity contribution in [2.24, 2.45) is 0 Å². The highest BCUT2D eigenvalue weighted by Gasteiger charge is 1.97. The van der Waals surface area contributed by atoms with E-state index in [-0.39, 0.29) is 0 Å². The predicted molar refractivity (Wildman–Crippen MR) is 46.1 cm³/mol. The van der Waals surface area contributed by atoms with Gasteiger partial charge in [0.2, 0.25) is 0 Å². The van der Waals surface area contributed by atoms with Gasteiger partial charge in [0.15, 0.2) is 5.12 Å². The summed E-state index contributed by atoms with van der Waals surface area (Å²) < 4.78 is 0. The van der Waals surface area contributed by atoms with Crippen LogP contribution in [0.25, 0.3) is 0 Å². The molecular weight excluding hydrogens is 152 g/mol. The zero-order valence-electron chi connectivity index (χ0n) is 5.85. The number of hydrogen-bond donors (Lipinski definition) is 0. The molecule has 0 atom stereocenters. The molecule has 54 valence electrons. The maximum absolute atomic E-state index is 10.7. The summed E-state index contributed by atoms with van der Waals surface area (Å²) in [6.45, 7) is 4.06. The van der Waals surface area contributed by atoms with E-state index in [2.05, 4.69) is 6.92 Å². The van der Waals surface area contributed by atoms with Crippen LogP contribution < -0.4 is 0 Å². The first-order valence-corrected chi connectivity index (χ1v) is 5.18. The highest BCUT2D eigenvalue weighted by Crippen LogP contribution is 2.07. The summed E-state index contributed by atoms with van der Waals surface area (Å²) in [5, 5.41) is 0.310. The van der Waals surface area contributed by atoms with E-state index in [9.17, 15) is 4.79 Å². The second-order valence-electron chi connectivity index (χ2n) is 1.44. The third kappa shape index (κ3) is 6.25. The van der Waals surface area contributed by atoms with Gasteiger partial charge in [0.1, 0.15) is 0 Å². The molecule has 0 saturated heterocycles. The highest BCUT2D eigenvalue weighted by molar-refractivity contribution is 8.15. The molecule has 0 bridgehead atoms. The summed E-state index contributed by atoms with van der Waals surface area (Å²) >= 11 is 3.10. The van der Waals surface area contributed by atoms with Crippen molar-refractivity contribution < 1.29 is 4.79 Å². The first-order chi connectivity index (χ1) is 4.31. The number of thioether (sulfide) groups is 2. The Kier molecular flexibility index (Phi) is 6.76. The van der Waals surface area contributed by atoms with Crippen LogP contribution in [0.15, 0.2) is 0 Å². The Morgan fingerprint density at radius 2 is 2.00 bits per heavy atom. The monoisotopic (exact) mass is 164 g/mol. The fourth-order valence-corrected chi connectivity index (χ4v) is 1.66. The normalized spacial score (nSPS) is 9.56. The minimum absolute atomic E-state index is 0.310. The zero-order chi connectivity index (χ0) is 7.11. The molecule has 0 fully saturated rings. The molecule has 0 aliphatic carbocycles. The zero-order valence-corrected chi connectivity index (χ0v) is 7.48. The first kappa shape index (κ1) is 9.37. The number of rotatable bonds is 4. The molecule has 0 rings (SSSR count). The minimum Gasteiger partial charge on any atom is -0.286 e. The van der Waals surface area contributed by atoms with Gasteiger partial charge in [-0.2, -0.15) is 11.8 Å². The van der Waals surface area contributed by atoms with E-state index in [4.69, 9.17) is 0 Å². The molecule has 0 aliphatic rings. The molecule has 0 amide bonds. The Morgan fingerprint density at radius 3 is 2.44 bits per heavy atom. The van der Waals surface area contributed by atoms with Crippen LogP contribution in [0.4, 0.5) is 0 Å². The average Bonchev–Trinajstić information content (AvgIpc) is 1.85. The Balaban J connectivity index is 3.06.